The Morgan fingerprint density at radius 1 is 1.40 bits per heavy atom. The van der Waals surface area contributed by atoms with Crippen molar-refractivity contribution in [2.45, 2.75) is 31.4 Å². The molecule has 3 nitrogen and oxygen atoms in total. The van der Waals surface area contributed by atoms with Crippen molar-refractivity contribution >= 4 is 23.5 Å². The van der Waals surface area contributed by atoms with Gasteiger partial charge in [0.1, 0.15) is 5.82 Å². The Kier molecular flexibility index (Phi) is 5.24. The van der Waals surface area contributed by atoms with Gasteiger partial charge in [-0.25, -0.2) is 9.97 Å². The van der Waals surface area contributed by atoms with E-state index in [2.05, 4.69) is 23.4 Å². The molecular formula is C15H23N3S2. The second kappa shape index (κ2) is 7.14. The minimum absolute atomic E-state index is 0.513. The standard InChI is InChI=1S/C15H23N3S2/c1-2-16-8-11-3-4-13-12(7-11)9-17-15(18-13)14-10-19-5-6-20-14/h9,11,14,16H,2-8,10H2,1H3. The van der Waals surface area contributed by atoms with E-state index in [1.54, 1.807) is 0 Å². The summed E-state index contributed by atoms with van der Waals surface area (Å²) in [5, 5.41) is 3.98. The maximum Gasteiger partial charge on any atom is 0.142 e. The van der Waals surface area contributed by atoms with Crippen LogP contribution in [-0.2, 0) is 12.8 Å². The molecule has 1 aliphatic heterocycles. The summed E-state index contributed by atoms with van der Waals surface area (Å²) in [5.74, 6) is 5.52. The Labute approximate surface area is 130 Å². The van der Waals surface area contributed by atoms with Crippen molar-refractivity contribution in [1.82, 2.24) is 15.3 Å². The molecule has 0 bridgehead atoms. The molecule has 2 atom stereocenters. The van der Waals surface area contributed by atoms with E-state index in [9.17, 15) is 0 Å². The molecule has 110 valence electrons. The van der Waals surface area contributed by atoms with Gasteiger partial charge >= 0.3 is 0 Å². The fourth-order valence-electron chi connectivity index (χ4n) is 2.91. The van der Waals surface area contributed by atoms with Gasteiger partial charge in [-0.15, -0.1) is 11.8 Å². The molecule has 1 saturated heterocycles. The average molecular weight is 310 g/mol. The molecule has 1 aliphatic carbocycles. The smallest absolute Gasteiger partial charge is 0.142 e. The third-order valence-corrected chi connectivity index (χ3v) is 6.81. The van der Waals surface area contributed by atoms with Gasteiger partial charge in [-0.1, -0.05) is 6.92 Å². The number of hydrogen-bond acceptors (Lipinski definition) is 5. The van der Waals surface area contributed by atoms with Gasteiger partial charge in [0.25, 0.3) is 0 Å². The van der Waals surface area contributed by atoms with Crippen molar-refractivity contribution in [1.29, 1.82) is 0 Å². The van der Waals surface area contributed by atoms with E-state index in [1.807, 2.05) is 23.5 Å². The van der Waals surface area contributed by atoms with Crippen LogP contribution in [0.4, 0.5) is 0 Å². The van der Waals surface area contributed by atoms with Crippen LogP contribution in [0.15, 0.2) is 6.20 Å². The van der Waals surface area contributed by atoms with Gasteiger partial charge in [-0.2, -0.15) is 11.8 Å². The summed E-state index contributed by atoms with van der Waals surface area (Å²) in [6.45, 7) is 4.37. The van der Waals surface area contributed by atoms with E-state index in [0.717, 1.165) is 37.7 Å². The number of thioether (sulfide) groups is 2. The minimum Gasteiger partial charge on any atom is -0.317 e. The number of nitrogens with one attached hydrogen (secondary N) is 1. The quantitative estimate of drug-likeness (QED) is 0.925. The van der Waals surface area contributed by atoms with Gasteiger partial charge in [0.2, 0.25) is 0 Å². The first-order valence-electron chi connectivity index (χ1n) is 7.61. The van der Waals surface area contributed by atoms with E-state index < -0.39 is 0 Å². The molecule has 0 radical (unpaired) electrons. The van der Waals surface area contributed by atoms with E-state index in [-0.39, 0.29) is 0 Å². The SMILES string of the molecule is CCNCC1CCc2nc(C3CSCCS3)ncc2C1. The van der Waals surface area contributed by atoms with Crippen LogP contribution in [0.2, 0.25) is 0 Å². The Hall–Kier alpha value is -0.260. The fraction of sp³-hybridized carbons (Fsp3) is 0.733. The molecule has 20 heavy (non-hydrogen) atoms. The van der Waals surface area contributed by atoms with E-state index in [1.165, 1.54) is 34.9 Å². The fourth-order valence-corrected chi connectivity index (χ4v) is 5.52. The molecule has 2 unspecified atom stereocenters. The predicted octanol–water partition coefficient (Wildman–Crippen LogP) is 2.71. The normalized spacial score (nSPS) is 26.2. The summed E-state index contributed by atoms with van der Waals surface area (Å²) in [7, 11) is 0. The molecule has 1 aromatic heterocycles. The molecular weight excluding hydrogens is 286 g/mol. The van der Waals surface area contributed by atoms with Crippen molar-refractivity contribution in [3.05, 3.63) is 23.3 Å². The number of fused-ring (bicyclic) bond motifs is 1. The van der Waals surface area contributed by atoms with Crippen LogP contribution < -0.4 is 5.32 Å². The first-order valence-corrected chi connectivity index (χ1v) is 9.82. The summed E-state index contributed by atoms with van der Waals surface area (Å²) in [5.41, 5.74) is 2.70. The number of hydrogen-bond donors (Lipinski definition) is 1. The molecule has 0 amide bonds. The van der Waals surface area contributed by atoms with E-state index >= 15 is 0 Å². The highest BCUT2D eigenvalue weighted by molar-refractivity contribution is 8.06. The van der Waals surface area contributed by atoms with Crippen LogP contribution in [0, 0.1) is 5.92 Å². The van der Waals surface area contributed by atoms with Crippen molar-refractivity contribution in [3.8, 4) is 0 Å². The molecule has 3 rings (SSSR count). The lowest BCUT2D eigenvalue weighted by atomic mass is 9.87. The zero-order valence-electron chi connectivity index (χ0n) is 12.1. The van der Waals surface area contributed by atoms with Crippen LogP contribution in [0.3, 0.4) is 0 Å². The van der Waals surface area contributed by atoms with Gasteiger partial charge in [-0.3, -0.25) is 0 Å². The van der Waals surface area contributed by atoms with Crippen molar-refractivity contribution in [2.24, 2.45) is 5.92 Å². The largest absolute Gasteiger partial charge is 0.317 e. The van der Waals surface area contributed by atoms with Gasteiger partial charge in [0.05, 0.1) is 5.25 Å². The lowest BCUT2D eigenvalue weighted by Crippen LogP contribution is -2.28. The van der Waals surface area contributed by atoms with Crippen molar-refractivity contribution in [3.63, 3.8) is 0 Å². The minimum atomic E-state index is 0.513. The molecule has 0 saturated carbocycles. The average Bonchev–Trinajstić information content (AvgIpc) is 2.53. The lowest BCUT2D eigenvalue weighted by molar-refractivity contribution is 0.423. The van der Waals surface area contributed by atoms with Crippen LogP contribution in [0.25, 0.3) is 0 Å². The number of aryl methyl sites for hydroxylation is 1. The third kappa shape index (κ3) is 3.49. The molecule has 0 aromatic carbocycles. The van der Waals surface area contributed by atoms with Crippen LogP contribution in [0.5, 0.6) is 0 Å². The van der Waals surface area contributed by atoms with E-state index in [0.29, 0.717) is 5.25 Å². The van der Waals surface area contributed by atoms with Crippen molar-refractivity contribution < 1.29 is 0 Å². The van der Waals surface area contributed by atoms with Crippen LogP contribution >= 0.6 is 23.5 Å². The Morgan fingerprint density at radius 2 is 2.35 bits per heavy atom. The Balaban J connectivity index is 1.68. The molecule has 1 fully saturated rings. The highest BCUT2D eigenvalue weighted by Crippen LogP contribution is 2.35. The van der Waals surface area contributed by atoms with Crippen molar-refractivity contribution in [2.75, 3.05) is 30.3 Å². The zero-order valence-corrected chi connectivity index (χ0v) is 13.7. The number of rotatable bonds is 4. The van der Waals surface area contributed by atoms with Gasteiger partial charge in [0.15, 0.2) is 0 Å². The number of nitrogens with zero attached hydrogens (tertiary/aromatic N) is 2. The first kappa shape index (κ1) is 14.7. The summed E-state index contributed by atoms with van der Waals surface area (Å²) in [6.07, 6.45) is 5.65. The molecule has 0 spiro atoms. The highest BCUT2D eigenvalue weighted by Gasteiger charge is 2.23. The lowest BCUT2D eigenvalue weighted by Gasteiger charge is -2.25. The summed E-state index contributed by atoms with van der Waals surface area (Å²) >= 11 is 4.06. The zero-order chi connectivity index (χ0) is 13.8. The maximum absolute atomic E-state index is 4.89. The molecule has 1 N–H and O–H groups in total. The van der Waals surface area contributed by atoms with Crippen LogP contribution in [-0.4, -0.2) is 40.3 Å². The maximum atomic E-state index is 4.89. The summed E-state index contributed by atoms with van der Waals surface area (Å²) in [6, 6.07) is 0. The topological polar surface area (TPSA) is 37.8 Å². The second-order valence-electron chi connectivity index (χ2n) is 5.55. The molecule has 2 aliphatic rings. The third-order valence-electron chi connectivity index (χ3n) is 4.06. The first-order chi connectivity index (χ1) is 9.86. The van der Waals surface area contributed by atoms with Crippen LogP contribution in [0.1, 0.15) is 35.7 Å². The van der Waals surface area contributed by atoms with Gasteiger partial charge < -0.3 is 5.32 Å². The molecule has 1 aromatic rings. The van der Waals surface area contributed by atoms with Gasteiger partial charge in [0, 0.05) is 29.1 Å². The van der Waals surface area contributed by atoms with Gasteiger partial charge in [-0.05, 0) is 43.8 Å². The molecule has 5 heteroatoms. The molecule has 2 heterocycles. The Bertz CT molecular complexity index is 447. The summed E-state index contributed by atoms with van der Waals surface area (Å²) in [4.78, 5) is 9.55. The predicted molar refractivity (Wildman–Crippen MR) is 88.6 cm³/mol. The monoisotopic (exact) mass is 309 g/mol. The van der Waals surface area contributed by atoms with E-state index in [4.69, 9.17) is 4.98 Å². The number of aromatic nitrogens is 2. The highest BCUT2D eigenvalue weighted by atomic mass is 32.2. The second-order valence-corrected chi connectivity index (χ2v) is 8.01. The summed E-state index contributed by atoms with van der Waals surface area (Å²) < 4.78 is 0. The Morgan fingerprint density at radius 3 is 3.15 bits per heavy atom.